The number of carbonyl (C=O) groups is 1. The van der Waals surface area contributed by atoms with Crippen molar-refractivity contribution >= 4 is 12.0 Å². The zero-order valence-electron chi connectivity index (χ0n) is 7.50. The van der Waals surface area contributed by atoms with E-state index in [-0.39, 0.29) is 0 Å². The fourth-order valence-corrected chi connectivity index (χ4v) is 1.10. The second-order valence-corrected chi connectivity index (χ2v) is 2.65. The van der Waals surface area contributed by atoms with Gasteiger partial charge in [0.25, 0.3) is 0 Å². The van der Waals surface area contributed by atoms with Crippen molar-refractivity contribution in [3.8, 4) is 11.8 Å². The van der Waals surface area contributed by atoms with E-state index in [4.69, 9.17) is 5.73 Å². The maximum atomic E-state index is 10.0. The third-order valence-corrected chi connectivity index (χ3v) is 1.80. The van der Waals surface area contributed by atoms with E-state index >= 15 is 0 Å². The summed E-state index contributed by atoms with van der Waals surface area (Å²) < 4.78 is 0. The summed E-state index contributed by atoms with van der Waals surface area (Å²) in [4.78, 5) is 10.0. The number of hydrogen-bond acceptors (Lipinski definition) is 2. The molecule has 0 amide bonds. The Morgan fingerprint density at radius 3 is 2.92 bits per heavy atom. The molecular weight excluding hydrogens is 162 g/mol. The molecule has 0 atom stereocenters. The van der Waals surface area contributed by atoms with Crippen molar-refractivity contribution in [2.24, 2.45) is 0 Å². The van der Waals surface area contributed by atoms with E-state index < -0.39 is 0 Å². The lowest BCUT2D eigenvalue weighted by Gasteiger charge is -2.01. The minimum Gasteiger partial charge on any atom is -0.399 e. The Morgan fingerprint density at radius 2 is 2.31 bits per heavy atom. The third kappa shape index (κ3) is 2.34. The summed E-state index contributed by atoms with van der Waals surface area (Å²) in [5.41, 5.74) is 8.39. The number of benzene rings is 1. The zero-order valence-corrected chi connectivity index (χ0v) is 7.50. The van der Waals surface area contributed by atoms with Crippen LogP contribution in [0.2, 0.25) is 0 Å². The van der Waals surface area contributed by atoms with E-state index in [1.165, 1.54) is 0 Å². The van der Waals surface area contributed by atoms with E-state index in [0.717, 1.165) is 23.2 Å². The van der Waals surface area contributed by atoms with Crippen molar-refractivity contribution < 1.29 is 4.79 Å². The van der Waals surface area contributed by atoms with Gasteiger partial charge in [-0.1, -0.05) is 12.8 Å². The maximum Gasteiger partial charge on any atom is 0.193 e. The highest BCUT2D eigenvalue weighted by molar-refractivity contribution is 5.74. The Bertz CT molecular complexity index is 371. The largest absolute Gasteiger partial charge is 0.399 e. The first-order valence-electron chi connectivity index (χ1n) is 4.11. The van der Waals surface area contributed by atoms with Gasteiger partial charge in [-0.05, 0) is 36.1 Å². The van der Waals surface area contributed by atoms with Crippen LogP contribution in [0.25, 0.3) is 0 Å². The van der Waals surface area contributed by atoms with E-state index in [2.05, 4.69) is 11.8 Å². The number of rotatable bonds is 1. The van der Waals surface area contributed by atoms with Crippen LogP contribution in [0.3, 0.4) is 0 Å². The van der Waals surface area contributed by atoms with Crippen LogP contribution >= 0.6 is 0 Å². The van der Waals surface area contributed by atoms with Crippen molar-refractivity contribution in [2.75, 3.05) is 5.73 Å². The maximum absolute atomic E-state index is 10.0. The van der Waals surface area contributed by atoms with Crippen LogP contribution < -0.4 is 5.73 Å². The Balaban J connectivity index is 3.06. The van der Waals surface area contributed by atoms with E-state index in [0.29, 0.717) is 6.29 Å². The SMILES string of the molecule is CCc1cc(C#CC=O)ccc1N. The molecule has 2 heteroatoms. The predicted molar refractivity (Wildman–Crippen MR) is 53.2 cm³/mol. The summed E-state index contributed by atoms with van der Waals surface area (Å²) in [5.74, 6) is 5.09. The molecule has 0 unspecified atom stereocenters. The lowest BCUT2D eigenvalue weighted by atomic mass is 10.1. The van der Waals surface area contributed by atoms with Crippen molar-refractivity contribution in [3.63, 3.8) is 0 Å². The zero-order chi connectivity index (χ0) is 9.68. The fourth-order valence-electron chi connectivity index (χ4n) is 1.10. The number of nitrogens with two attached hydrogens (primary N) is 1. The van der Waals surface area contributed by atoms with Crippen LogP contribution in [0.5, 0.6) is 0 Å². The summed E-state index contributed by atoms with van der Waals surface area (Å²) in [6.45, 7) is 2.03. The van der Waals surface area contributed by atoms with Gasteiger partial charge in [0, 0.05) is 11.3 Å². The normalized spacial score (nSPS) is 8.69. The summed E-state index contributed by atoms with van der Waals surface area (Å²) in [6, 6.07) is 5.53. The lowest BCUT2D eigenvalue weighted by molar-refractivity contribution is -0.103. The van der Waals surface area contributed by atoms with Crippen molar-refractivity contribution in [2.45, 2.75) is 13.3 Å². The standard InChI is InChI=1S/C11H11NO/c1-2-10-8-9(4-3-7-13)5-6-11(10)12/h5-8H,2,12H2,1H3. The molecule has 0 radical (unpaired) electrons. The van der Waals surface area contributed by atoms with Crippen molar-refractivity contribution in [1.82, 2.24) is 0 Å². The van der Waals surface area contributed by atoms with Gasteiger partial charge in [-0.2, -0.15) is 0 Å². The smallest absolute Gasteiger partial charge is 0.193 e. The van der Waals surface area contributed by atoms with Crippen molar-refractivity contribution in [1.29, 1.82) is 0 Å². The molecule has 0 saturated carbocycles. The topological polar surface area (TPSA) is 43.1 Å². The average Bonchev–Trinajstić information content (AvgIpc) is 2.16. The number of aryl methyl sites for hydroxylation is 1. The Morgan fingerprint density at radius 1 is 1.54 bits per heavy atom. The quantitative estimate of drug-likeness (QED) is 0.396. The number of aldehydes is 1. The number of anilines is 1. The van der Waals surface area contributed by atoms with Crippen LogP contribution in [-0.2, 0) is 11.2 Å². The lowest BCUT2D eigenvalue weighted by Crippen LogP contribution is -1.93. The van der Waals surface area contributed by atoms with Gasteiger partial charge in [0.15, 0.2) is 6.29 Å². The van der Waals surface area contributed by atoms with Gasteiger partial charge in [-0.25, -0.2) is 0 Å². The first-order valence-corrected chi connectivity index (χ1v) is 4.11. The van der Waals surface area contributed by atoms with Gasteiger partial charge in [0.05, 0.1) is 0 Å². The Hall–Kier alpha value is -1.75. The molecule has 0 fully saturated rings. The highest BCUT2D eigenvalue weighted by atomic mass is 16.1. The molecule has 1 rings (SSSR count). The average molecular weight is 173 g/mol. The molecule has 1 aromatic rings. The molecule has 0 heterocycles. The summed E-state index contributed by atoms with van der Waals surface area (Å²) in [5, 5.41) is 0. The third-order valence-electron chi connectivity index (χ3n) is 1.80. The Kier molecular flexibility index (Phi) is 3.10. The molecule has 2 nitrogen and oxygen atoms in total. The van der Waals surface area contributed by atoms with Gasteiger partial charge in [0.2, 0.25) is 0 Å². The Labute approximate surface area is 77.8 Å². The van der Waals surface area contributed by atoms with E-state index in [1.54, 1.807) is 0 Å². The van der Waals surface area contributed by atoms with E-state index in [1.807, 2.05) is 25.1 Å². The van der Waals surface area contributed by atoms with E-state index in [9.17, 15) is 4.79 Å². The number of hydrogen-bond donors (Lipinski definition) is 1. The number of carbonyl (C=O) groups excluding carboxylic acids is 1. The van der Waals surface area contributed by atoms with Crippen LogP contribution in [0.1, 0.15) is 18.1 Å². The minimum absolute atomic E-state index is 0.585. The van der Waals surface area contributed by atoms with Gasteiger partial charge in [-0.3, -0.25) is 4.79 Å². The first-order chi connectivity index (χ1) is 6.27. The molecule has 0 spiro atoms. The monoisotopic (exact) mass is 173 g/mol. The molecule has 0 aliphatic heterocycles. The second kappa shape index (κ2) is 4.32. The minimum atomic E-state index is 0.585. The molecule has 0 aliphatic rings. The van der Waals surface area contributed by atoms with Gasteiger partial charge >= 0.3 is 0 Å². The molecule has 0 bridgehead atoms. The van der Waals surface area contributed by atoms with Crippen LogP contribution in [0.4, 0.5) is 5.69 Å². The highest BCUT2D eigenvalue weighted by Gasteiger charge is 1.96. The summed E-state index contributed by atoms with van der Waals surface area (Å²) in [6.07, 6.45) is 1.46. The summed E-state index contributed by atoms with van der Waals surface area (Å²) >= 11 is 0. The van der Waals surface area contributed by atoms with Crippen LogP contribution in [-0.4, -0.2) is 6.29 Å². The number of nitrogen functional groups attached to an aromatic ring is 1. The highest BCUT2D eigenvalue weighted by Crippen LogP contribution is 2.13. The second-order valence-electron chi connectivity index (χ2n) is 2.65. The predicted octanol–water partition coefficient (Wildman–Crippen LogP) is 1.38. The molecule has 13 heavy (non-hydrogen) atoms. The van der Waals surface area contributed by atoms with Crippen LogP contribution in [0, 0.1) is 11.8 Å². The molecule has 0 saturated heterocycles. The molecular formula is C11H11NO. The fraction of sp³-hybridized carbons (Fsp3) is 0.182. The summed E-state index contributed by atoms with van der Waals surface area (Å²) in [7, 11) is 0. The molecule has 66 valence electrons. The molecule has 0 aromatic heterocycles. The molecule has 0 aliphatic carbocycles. The molecule has 1 aromatic carbocycles. The van der Waals surface area contributed by atoms with Gasteiger partial charge < -0.3 is 5.73 Å². The van der Waals surface area contributed by atoms with Gasteiger partial charge in [0.1, 0.15) is 0 Å². The van der Waals surface area contributed by atoms with Crippen molar-refractivity contribution in [3.05, 3.63) is 29.3 Å². The molecule has 2 N–H and O–H groups in total. The first kappa shape index (κ1) is 9.34. The van der Waals surface area contributed by atoms with Crippen LogP contribution in [0.15, 0.2) is 18.2 Å². The van der Waals surface area contributed by atoms with Gasteiger partial charge in [-0.15, -0.1) is 0 Å².